The number of unbranched alkanes of at least 4 members (excludes halogenated alkanes) is 2. The van der Waals surface area contributed by atoms with E-state index in [2.05, 4.69) is 4.99 Å². The van der Waals surface area contributed by atoms with Crippen LogP contribution in [-0.4, -0.2) is 36.5 Å². The van der Waals surface area contributed by atoms with E-state index in [9.17, 15) is 22.8 Å². The molecule has 1 aliphatic rings. The Hall–Kier alpha value is -3.16. The van der Waals surface area contributed by atoms with Crippen molar-refractivity contribution in [1.82, 2.24) is 0 Å². The molecule has 0 saturated carbocycles. The monoisotopic (exact) mass is 446 g/mol. The molecule has 3 rings (SSSR count). The van der Waals surface area contributed by atoms with E-state index in [1.54, 1.807) is 49.4 Å². The van der Waals surface area contributed by atoms with Gasteiger partial charge in [0.15, 0.2) is 0 Å². The van der Waals surface area contributed by atoms with E-state index in [4.69, 9.17) is 4.74 Å². The summed E-state index contributed by atoms with van der Waals surface area (Å²) in [6.07, 6.45) is -4.02. The highest BCUT2D eigenvalue weighted by Crippen LogP contribution is 2.33. The molecule has 0 N–H and O–H groups in total. The topological polar surface area (TPSA) is 59.0 Å². The summed E-state index contributed by atoms with van der Waals surface area (Å²) in [6, 6.07) is 13.6. The van der Waals surface area contributed by atoms with Gasteiger partial charge in [0.1, 0.15) is 6.54 Å². The van der Waals surface area contributed by atoms with Crippen molar-refractivity contribution < 1.29 is 27.5 Å². The average Bonchev–Trinajstić information content (AvgIpc) is 2.85. The van der Waals surface area contributed by atoms with Gasteiger partial charge in [0.2, 0.25) is 0 Å². The Bertz CT molecular complexity index is 1000. The minimum absolute atomic E-state index is 0.0685. The number of benzene rings is 2. The number of hydrogen-bond acceptors (Lipinski definition) is 4. The maximum absolute atomic E-state index is 13.4. The molecule has 0 saturated heterocycles. The molecule has 2 aromatic rings. The molecule has 32 heavy (non-hydrogen) atoms. The number of carbonyl (C=O) groups is 2. The van der Waals surface area contributed by atoms with Gasteiger partial charge in [0.25, 0.3) is 12.1 Å². The minimum Gasteiger partial charge on any atom is -0.430 e. The van der Waals surface area contributed by atoms with E-state index in [0.29, 0.717) is 33.7 Å². The number of amides is 1. The van der Waals surface area contributed by atoms with Gasteiger partial charge in [-0.25, -0.2) is 4.99 Å². The van der Waals surface area contributed by atoms with Crippen molar-refractivity contribution in [2.45, 2.75) is 51.9 Å². The third-order valence-electron chi connectivity index (χ3n) is 5.11. The predicted octanol–water partition coefficient (Wildman–Crippen LogP) is 5.19. The van der Waals surface area contributed by atoms with Gasteiger partial charge in [0, 0.05) is 17.5 Å². The zero-order valence-electron chi connectivity index (χ0n) is 18.0. The fourth-order valence-electron chi connectivity index (χ4n) is 3.61. The summed E-state index contributed by atoms with van der Waals surface area (Å²) in [5, 5.41) is 0. The molecule has 0 aliphatic carbocycles. The van der Waals surface area contributed by atoms with Crippen LogP contribution in [0.5, 0.6) is 0 Å². The van der Waals surface area contributed by atoms with E-state index in [0.717, 1.165) is 12.8 Å². The summed E-state index contributed by atoms with van der Waals surface area (Å²) < 4.78 is 45.6. The van der Waals surface area contributed by atoms with Crippen molar-refractivity contribution >= 4 is 23.3 Å². The van der Waals surface area contributed by atoms with Gasteiger partial charge in [0.05, 0.1) is 11.4 Å². The van der Waals surface area contributed by atoms with Gasteiger partial charge in [-0.3, -0.25) is 14.5 Å². The molecule has 0 radical (unpaired) electrons. The molecule has 8 heteroatoms. The molecular weight excluding hydrogens is 421 g/mol. The van der Waals surface area contributed by atoms with Crippen molar-refractivity contribution in [2.75, 3.05) is 11.4 Å². The van der Waals surface area contributed by atoms with Crippen LogP contribution < -0.4 is 4.90 Å². The van der Waals surface area contributed by atoms with Gasteiger partial charge in [-0.05, 0) is 25.0 Å². The van der Waals surface area contributed by atoms with Crippen LogP contribution in [0.15, 0.2) is 53.5 Å². The summed E-state index contributed by atoms with van der Waals surface area (Å²) in [4.78, 5) is 30.5. The first-order valence-electron chi connectivity index (χ1n) is 10.5. The summed E-state index contributed by atoms with van der Waals surface area (Å²) in [7, 11) is 0. The normalized spacial score (nSPS) is 16.3. The van der Waals surface area contributed by atoms with E-state index in [1.807, 2.05) is 6.92 Å². The van der Waals surface area contributed by atoms with E-state index in [1.165, 1.54) is 6.07 Å². The lowest BCUT2D eigenvalue weighted by atomic mass is 9.96. The van der Waals surface area contributed by atoms with Gasteiger partial charge in [-0.15, -0.1) is 0 Å². The molecule has 1 aliphatic heterocycles. The number of benzodiazepines with no additional fused rings is 1. The minimum atomic E-state index is -4.65. The Kier molecular flexibility index (Phi) is 7.33. The van der Waals surface area contributed by atoms with E-state index >= 15 is 0 Å². The highest BCUT2D eigenvalue weighted by molar-refractivity contribution is 6.20. The Balaban J connectivity index is 2.11. The van der Waals surface area contributed by atoms with Crippen LogP contribution in [-0.2, 0) is 14.3 Å². The van der Waals surface area contributed by atoms with E-state index in [-0.39, 0.29) is 12.1 Å². The third-order valence-corrected chi connectivity index (χ3v) is 5.11. The number of alkyl halides is 3. The quantitative estimate of drug-likeness (QED) is 0.434. The van der Waals surface area contributed by atoms with Gasteiger partial charge >= 0.3 is 12.1 Å². The molecular formula is C24H25F3N2O3. The Morgan fingerprint density at radius 1 is 1.09 bits per heavy atom. The zero-order valence-corrected chi connectivity index (χ0v) is 18.0. The number of hydrogen-bond donors (Lipinski definition) is 0. The van der Waals surface area contributed by atoms with Gasteiger partial charge < -0.3 is 4.74 Å². The van der Waals surface area contributed by atoms with Crippen LogP contribution in [0.2, 0.25) is 0 Å². The summed E-state index contributed by atoms with van der Waals surface area (Å²) in [6.45, 7) is 2.21. The molecule has 0 bridgehead atoms. The lowest BCUT2D eigenvalue weighted by Gasteiger charge is -2.26. The zero-order chi connectivity index (χ0) is 23.3. The number of halogens is 3. The largest absolute Gasteiger partial charge is 0.430 e. The number of esters is 1. The summed E-state index contributed by atoms with van der Waals surface area (Å²) in [5.41, 5.74) is 2.06. The fraction of sp³-hybridized carbons (Fsp3) is 0.375. The molecule has 0 spiro atoms. The third kappa shape index (κ3) is 5.55. The number of fused-ring (bicyclic) bond motifs is 1. The molecule has 170 valence electrons. The van der Waals surface area contributed by atoms with Crippen LogP contribution in [0, 0.1) is 6.92 Å². The van der Waals surface area contributed by atoms with Gasteiger partial charge in [-0.1, -0.05) is 62.2 Å². The maximum atomic E-state index is 13.4. The van der Waals surface area contributed by atoms with Crippen molar-refractivity contribution in [1.29, 1.82) is 0 Å². The SMILES string of the molecule is CCCCCC(=O)OC1N=C(c2ccccc2)c2c(C)cccc2N(CC(F)(F)F)C1=O. The number of anilines is 1. The highest BCUT2D eigenvalue weighted by Gasteiger charge is 2.41. The van der Waals surface area contributed by atoms with Crippen LogP contribution in [0.25, 0.3) is 0 Å². The van der Waals surface area contributed by atoms with Crippen molar-refractivity contribution in [3.8, 4) is 0 Å². The molecule has 0 fully saturated rings. The molecule has 0 aromatic heterocycles. The molecule has 2 aromatic carbocycles. The number of aliphatic imine (C=N–C) groups is 1. The summed E-state index contributed by atoms with van der Waals surface area (Å²) >= 11 is 0. The lowest BCUT2D eigenvalue weighted by molar-refractivity contribution is -0.156. The van der Waals surface area contributed by atoms with Gasteiger partial charge in [-0.2, -0.15) is 13.2 Å². The smallest absolute Gasteiger partial charge is 0.406 e. The molecule has 5 nitrogen and oxygen atoms in total. The number of ether oxygens (including phenoxy) is 1. The molecule has 1 amide bonds. The second-order valence-corrected chi connectivity index (χ2v) is 7.65. The van der Waals surface area contributed by atoms with Crippen molar-refractivity contribution in [2.24, 2.45) is 4.99 Å². The second kappa shape index (κ2) is 9.97. The predicted molar refractivity (Wildman–Crippen MR) is 116 cm³/mol. The first-order chi connectivity index (χ1) is 15.2. The van der Waals surface area contributed by atoms with E-state index < -0.39 is 30.8 Å². The number of aryl methyl sites for hydroxylation is 1. The number of nitrogens with zero attached hydrogens (tertiary/aromatic N) is 2. The Morgan fingerprint density at radius 3 is 2.47 bits per heavy atom. The van der Waals surface area contributed by atoms with Crippen LogP contribution in [0.3, 0.4) is 0 Å². The standard InChI is InChI=1S/C24H25F3N2O3/c1-3-4-6-14-19(30)32-22-23(31)29(15-24(25,26)27)18-13-9-10-16(2)20(18)21(28-22)17-11-7-5-8-12-17/h5,7-13,22H,3-4,6,14-15H2,1-2H3. The van der Waals surface area contributed by atoms with Crippen LogP contribution in [0.1, 0.15) is 49.3 Å². The first kappa shape index (κ1) is 23.5. The van der Waals surface area contributed by atoms with Crippen molar-refractivity contribution in [3.05, 3.63) is 65.2 Å². The summed E-state index contributed by atoms with van der Waals surface area (Å²) in [5.74, 6) is -1.69. The Morgan fingerprint density at radius 2 is 1.81 bits per heavy atom. The lowest BCUT2D eigenvalue weighted by Crippen LogP contribution is -2.45. The first-order valence-corrected chi connectivity index (χ1v) is 10.5. The molecule has 1 atom stereocenters. The molecule has 1 heterocycles. The number of rotatable bonds is 7. The Labute approximate surface area is 184 Å². The highest BCUT2D eigenvalue weighted by atomic mass is 19.4. The van der Waals surface area contributed by atoms with Crippen molar-refractivity contribution in [3.63, 3.8) is 0 Å². The van der Waals surface area contributed by atoms with Crippen LogP contribution in [0.4, 0.5) is 18.9 Å². The van der Waals surface area contributed by atoms with Crippen LogP contribution >= 0.6 is 0 Å². The maximum Gasteiger partial charge on any atom is 0.406 e. The average molecular weight is 446 g/mol. The fourth-order valence-corrected chi connectivity index (χ4v) is 3.61. The second-order valence-electron chi connectivity index (χ2n) is 7.65. The molecule has 1 unspecified atom stereocenters. The number of carbonyl (C=O) groups excluding carboxylic acids is 2.